The van der Waals surface area contributed by atoms with Gasteiger partial charge in [0.05, 0.1) is 6.61 Å². The summed E-state index contributed by atoms with van der Waals surface area (Å²) in [6.07, 6.45) is 1.28. The number of amides is 1. The lowest BCUT2D eigenvalue weighted by molar-refractivity contribution is -0.132. The number of rotatable bonds is 5. The van der Waals surface area contributed by atoms with Crippen molar-refractivity contribution in [1.29, 1.82) is 0 Å². The molecular formula is C17H27ClN2O2. The molecule has 1 N–H and O–H groups in total. The topological polar surface area (TPSA) is 41.6 Å². The molecule has 0 aliphatic carbocycles. The van der Waals surface area contributed by atoms with Crippen LogP contribution in [0.25, 0.3) is 0 Å². The zero-order valence-corrected chi connectivity index (χ0v) is 14.5. The van der Waals surface area contributed by atoms with E-state index in [4.69, 9.17) is 4.74 Å². The first-order valence-corrected chi connectivity index (χ1v) is 7.84. The highest BCUT2D eigenvalue weighted by Gasteiger charge is 2.24. The summed E-state index contributed by atoms with van der Waals surface area (Å²) in [6, 6.07) is 8.72. The monoisotopic (exact) mass is 326 g/mol. The van der Waals surface area contributed by atoms with E-state index in [0.717, 1.165) is 30.8 Å². The number of piperazine rings is 1. The van der Waals surface area contributed by atoms with Crippen molar-refractivity contribution in [3.05, 3.63) is 29.8 Å². The fourth-order valence-corrected chi connectivity index (χ4v) is 2.94. The van der Waals surface area contributed by atoms with Crippen molar-refractivity contribution in [3.8, 4) is 5.75 Å². The van der Waals surface area contributed by atoms with Crippen molar-refractivity contribution < 1.29 is 9.53 Å². The van der Waals surface area contributed by atoms with Gasteiger partial charge in [0.25, 0.3) is 0 Å². The number of aryl methyl sites for hydroxylation is 1. The van der Waals surface area contributed by atoms with Crippen LogP contribution >= 0.6 is 12.4 Å². The van der Waals surface area contributed by atoms with Crippen LogP contribution in [0.5, 0.6) is 5.75 Å². The van der Waals surface area contributed by atoms with Gasteiger partial charge in [-0.1, -0.05) is 18.2 Å². The lowest BCUT2D eigenvalue weighted by atomic mass is 10.1. The minimum absolute atomic E-state index is 0. The third kappa shape index (κ3) is 5.18. The molecule has 1 aromatic rings. The molecule has 2 unspecified atom stereocenters. The lowest BCUT2D eigenvalue weighted by Crippen LogP contribution is -2.55. The molecule has 1 aliphatic rings. The van der Waals surface area contributed by atoms with Crippen LogP contribution in [0.1, 0.15) is 32.8 Å². The largest absolute Gasteiger partial charge is 0.494 e. The second-order valence-corrected chi connectivity index (χ2v) is 5.81. The highest BCUT2D eigenvalue weighted by Crippen LogP contribution is 2.20. The molecule has 2 atom stereocenters. The first kappa shape index (κ1) is 18.8. The Hall–Kier alpha value is -1.26. The van der Waals surface area contributed by atoms with E-state index in [-0.39, 0.29) is 18.3 Å². The quantitative estimate of drug-likeness (QED) is 0.904. The minimum Gasteiger partial charge on any atom is -0.494 e. The Morgan fingerprint density at radius 1 is 1.27 bits per heavy atom. The van der Waals surface area contributed by atoms with Gasteiger partial charge in [-0.3, -0.25) is 4.79 Å². The first-order valence-electron chi connectivity index (χ1n) is 7.84. The van der Waals surface area contributed by atoms with Crippen molar-refractivity contribution in [2.24, 2.45) is 0 Å². The van der Waals surface area contributed by atoms with Crippen molar-refractivity contribution in [1.82, 2.24) is 10.2 Å². The summed E-state index contributed by atoms with van der Waals surface area (Å²) in [5.74, 6) is 1.14. The summed E-state index contributed by atoms with van der Waals surface area (Å²) in [6.45, 7) is 8.48. The number of ether oxygens (including phenoxy) is 1. The van der Waals surface area contributed by atoms with E-state index in [1.54, 1.807) is 0 Å². The van der Waals surface area contributed by atoms with Gasteiger partial charge in [0.15, 0.2) is 0 Å². The maximum absolute atomic E-state index is 12.4. The number of hydrogen-bond donors (Lipinski definition) is 1. The average Bonchev–Trinajstić information content (AvgIpc) is 2.45. The zero-order valence-electron chi connectivity index (χ0n) is 13.7. The van der Waals surface area contributed by atoms with Gasteiger partial charge in [-0.15, -0.1) is 12.4 Å². The molecule has 5 heteroatoms. The van der Waals surface area contributed by atoms with Crippen LogP contribution in [0.2, 0.25) is 0 Å². The third-order valence-electron chi connectivity index (χ3n) is 3.79. The molecule has 0 bridgehead atoms. The molecule has 1 fully saturated rings. The molecule has 0 aromatic heterocycles. The Morgan fingerprint density at radius 3 is 2.55 bits per heavy atom. The molecule has 1 aromatic carbocycles. The molecule has 1 heterocycles. The average molecular weight is 327 g/mol. The Labute approximate surface area is 139 Å². The summed E-state index contributed by atoms with van der Waals surface area (Å²) >= 11 is 0. The summed E-state index contributed by atoms with van der Waals surface area (Å²) in [5.41, 5.74) is 1.11. The number of carbonyl (C=O) groups excluding carboxylic acids is 1. The number of benzene rings is 1. The number of carbonyl (C=O) groups is 1. The fraction of sp³-hybridized carbons (Fsp3) is 0.588. The second-order valence-electron chi connectivity index (χ2n) is 5.81. The van der Waals surface area contributed by atoms with Gasteiger partial charge >= 0.3 is 0 Å². The van der Waals surface area contributed by atoms with E-state index in [2.05, 4.69) is 19.2 Å². The molecule has 22 heavy (non-hydrogen) atoms. The van der Waals surface area contributed by atoms with E-state index < -0.39 is 0 Å². The first-order chi connectivity index (χ1) is 10.1. The SMILES string of the molecule is CCOc1ccccc1CCC(=O)N1CC(C)NC(C)C1.Cl. The summed E-state index contributed by atoms with van der Waals surface area (Å²) in [4.78, 5) is 14.4. The Morgan fingerprint density at radius 2 is 1.91 bits per heavy atom. The molecule has 1 aliphatic heterocycles. The van der Waals surface area contributed by atoms with Crippen molar-refractivity contribution in [2.45, 2.75) is 45.7 Å². The van der Waals surface area contributed by atoms with Crippen LogP contribution in [0, 0.1) is 0 Å². The van der Waals surface area contributed by atoms with Crippen LogP contribution in [-0.4, -0.2) is 42.6 Å². The predicted molar refractivity (Wildman–Crippen MR) is 91.8 cm³/mol. The minimum atomic E-state index is 0. The van der Waals surface area contributed by atoms with Crippen LogP contribution in [0.15, 0.2) is 24.3 Å². The van der Waals surface area contributed by atoms with E-state index in [9.17, 15) is 4.79 Å². The van der Waals surface area contributed by atoms with Gasteiger partial charge in [0.1, 0.15) is 5.75 Å². The Bertz CT molecular complexity index is 471. The summed E-state index contributed by atoms with van der Waals surface area (Å²) in [5, 5.41) is 3.45. The van der Waals surface area contributed by atoms with E-state index in [1.807, 2.05) is 36.1 Å². The normalized spacial score (nSPS) is 21.1. The molecule has 124 valence electrons. The third-order valence-corrected chi connectivity index (χ3v) is 3.79. The van der Waals surface area contributed by atoms with Gasteiger partial charge in [0.2, 0.25) is 5.91 Å². The molecule has 2 rings (SSSR count). The standard InChI is InChI=1S/C17H26N2O2.ClH/c1-4-21-16-8-6-5-7-15(16)9-10-17(20)19-11-13(2)18-14(3)12-19;/h5-8,13-14,18H,4,9-12H2,1-3H3;1H. The van der Waals surface area contributed by atoms with Crippen LogP contribution in [0.3, 0.4) is 0 Å². The second kappa shape index (κ2) is 9.01. The molecule has 0 spiro atoms. The smallest absolute Gasteiger partial charge is 0.223 e. The maximum Gasteiger partial charge on any atom is 0.223 e. The number of para-hydroxylation sites is 1. The van der Waals surface area contributed by atoms with Gasteiger partial charge in [0, 0.05) is 31.6 Å². The van der Waals surface area contributed by atoms with Gasteiger partial charge in [-0.05, 0) is 38.8 Å². The Balaban J connectivity index is 0.00000242. The molecule has 1 saturated heterocycles. The zero-order chi connectivity index (χ0) is 15.2. The summed E-state index contributed by atoms with van der Waals surface area (Å²) in [7, 11) is 0. The lowest BCUT2D eigenvalue weighted by Gasteiger charge is -2.36. The van der Waals surface area contributed by atoms with Crippen LogP contribution in [0.4, 0.5) is 0 Å². The van der Waals surface area contributed by atoms with E-state index >= 15 is 0 Å². The highest BCUT2D eigenvalue weighted by atomic mass is 35.5. The van der Waals surface area contributed by atoms with Crippen LogP contribution < -0.4 is 10.1 Å². The Kier molecular flexibility index (Phi) is 7.69. The van der Waals surface area contributed by atoms with Crippen molar-refractivity contribution in [3.63, 3.8) is 0 Å². The fourth-order valence-electron chi connectivity index (χ4n) is 2.94. The molecule has 0 radical (unpaired) electrons. The number of hydrogen-bond acceptors (Lipinski definition) is 3. The van der Waals surface area contributed by atoms with Crippen molar-refractivity contribution in [2.75, 3.05) is 19.7 Å². The predicted octanol–water partition coefficient (Wildman–Crippen LogP) is 2.65. The molecule has 4 nitrogen and oxygen atoms in total. The van der Waals surface area contributed by atoms with Gasteiger partial charge < -0.3 is 15.0 Å². The summed E-state index contributed by atoms with van der Waals surface area (Å²) < 4.78 is 5.61. The molecular weight excluding hydrogens is 300 g/mol. The maximum atomic E-state index is 12.4. The number of nitrogens with zero attached hydrogens (tertiary/aromatic N) is 1. The van der Waals surface area contributed by atoms with Crippen molar-refractivity contribution >= 4 is 18.3 Å². The van der Waals surface area contributed by atoms with E-state index in [1.165, 1.54) is 0 Å². The van der Waals surface area contributed by atoms with Gasteiger partial charge in [-0.25, -0.2) is 0 Å². The van der Waals surface area contributed by atoms with E-state index in [0.29, 0.717) is 25.1 Å². The molecule has 1 amide bonds. The number of nitrogens with one attached hydrogen (secondary N) is 1. The highest BCUT2D eigenvalue weighted by molar-refractivity contribution is 5.85. The van der Waals surface area contributed by atoms with Gasteiger partial charge in [-0.2, -0.15) is 0 Å². The van der Waals surface area contributed by atoms with Crippen LogP contribution in [-0.2, 0) is 11.2 Å². The number of halogens is 1. The molecule has 0 saturated carbocycles.